The fourth-order valence-corrected chi connectivity index (χ4v) is 2.86. The maximum Gasteiger partial charge on any atom is 0.339 e. The molecule has 1 aromatic rings. The molecular formula is C20H22O7. The number of ketones is 2. The van der Waals surface area contributed by atoms with Gasteiger partial charge in [0.05, 0.1) is 20.3 Å². The molecule has 1 N–H and O–H groups in total. The third kappa shape index (κ3) is 3.86. The topological polar surface area (TPSA) is 99.1 Å². The molecule has 1 aliphatic carbocycles. The van der Waals surface area contributed by atoms with E-state index in [1.54, 1.807) is 26.0 Å². The minimum Gasteiger partial charge on any atom is -0.490 e. The van der Waals surface area contributed by atoms with Crippen LogP contribution in [0.3, 0.4) is 0 Å². The summed E-state index contributed by atoms with van der Waals surface area (Å²) in [5.41, 5.74) is 0.937. The van der Waals surface area contributed by atoms with Crippen molar-refractivity contribution < 1.29 is 33.7 Å². The van der Waals surface area contributed by atoms with Gasteiger partial charge in [0.2, 0.25) is 23.1 Å². The number of carboxylic acids is 1. The van der Waals surface area contributed by atoms with Crippen LogP contribution in [0.25, 0.3) is 0 Å². The molecule has 0 amide bonds. The number of carbonyl (C=O) groups excluding carboxylic acids is 2. The van der Waals surface area contributed by atoms with Crippen molar-refractivity contribution in [3.05, 3.63) is 52.0 Å². The molecule has 0 heterocycles. The van der Waals surface area contributed by atoms with Gasteiger partial charge >= 0.3 is 5.97 Å². The Balaban J connectivity index is 2.55. The van der Waals surface area contributed by atoms with Crippen LogP contribution < -0.4 is 4.74 Å². The molecule has 7 nitrogen and oxygen atoms in total. The second-order valence-corrected chi connectivity index (χ2v) is 6.27. The van der Waals surface area contributed by atoms with Gasteiger partial charge < -0.3 is 19.3 Å². The third-order valence-corrected chi connectivity index (χ3v) is 4.14. The molecule has 2 rings (SSSR count). The smallest absolute Gasteiger partial charge is 0.339 e. The van der Waals surface area contributed by atoms with Crippen molar-refractivity contribution in [2.24, 2.45) is 0 Å². The summed E-state index contributed by atoms with van der Waals surface area (Å²) in [6, 6.07) is 4.68. The van der Waals surface area contributed by atoms with Crippen LogP contribution in [-0.4, -0.2) is 43.0 Å². The molecule has 27 heavy (non-hydrogen) atoms. The maximum absolute atomic E-state index is 12.8. The molecule has 144 valence electrons. The van der Waals surface area contributed by atoms with Crippen LogP contribution in [0.2, 0.25) is 0 Å². The van der Waals surface area contributed by atoms with Crippen molar-refractivity contribution in [2.45, 2.75) is 33.3 Å². The molecule has 0 fully saturated rings. The quantitative estimate of drug-likeness (QED) is 0.733. The van der Waals surface area contributed by atoms with Gasteiger partial charge in [-0.15, -0.1) is 0 Å². The Morgan fingerprint density at radius 1 is 1.07 bits per heavy atom. The van der Waals surface area contributed by atoms with E-state index in [1.807, 2.05) is 0 Å². The molecule has 0 spiro atoms. The van der Waals surface area contributed by atoms with E-state index in [0.29, 0.717) is 5.56 Å². The number of methoxy groups -OCH3 is 2. The lowest BCUT2D eigenvalue weighted by molar-refractivity contribution is -0.121. The Morgan fingerprint density at radius 3 is 2.19 bits per heavy atom. The number of Topliss-reactive ketones (excluding diaryl/α,β-unsaturated/α-hetero) is 2. The van der Waals surface area contributed by atoms with Crippen molar-refractivity contribution >= 4 is 17.5 Å². The molecule has 0 aromatic heterocycles. The molecule has 0 unspecified atom stereocenters. The number of allylic oxidation sites excluding steroid dienone is 2. The molecule has 0 bridgehead atoms. The molecule has 1 aromatic carbocycles. The molecule has 1 aliphatic rings. The number of aromatic carboxylic acids is 1. The summed E-state index contributed by atoms with van der Waals surface area (Å²) in [5.74, 6) is -2.16. The number of para-hydroxylation sites is 1. The fourth-order valence-electron chi connectivity index (χ4n) is 2.86. The predicted molar refractivity (Wildman–Crippen MR) is 96.6 cm³/mol. The number of ether oxygens (including phenoxy) is 3. The summed E-state index contributed by atoms with van der Waals surface area (Å²) in [5, 5.41) is 9.44. The van der Waals surface area contributed by atoms with Crippen molar-refractivity contribution in [2.75, 3.05) is 14.2 Å². The fraction of sp³-hybridized carbons (Fsp3) is 0.350. The van der Waals surface area contributed by atoms with Gasteiger partial charge in [0, 0.05) is 17.6 Å². The number of rotatable bonds is 7. The molecule has 0 aliphatic heterocycles. The predicted octanol–water partition coefficient (Wildman–Crippen LogP) is 2.69. The maximum atomic E-state index is 12.8. The second kappa shape index (κ2) is 8.07. The molecule has 0 radical (unpaired) electrons. The first kappa shape index (κ1) is 20.2. The average molecular weight is 374 g/mol. The first-order valence-corrected chi connectivity index (χ1v) is 8.36. The van der Waals surface area contributed by atoms with Crippen molar-refractivity contribution in [1.82, 2.24) is 0 Å². The molecule has 0 atom stereocenters. The molecule has 0 saturated carbocycles. The van der Waals surface area contributed by atoms with E-state index >= 15 is 0 Å². The monoisotopic (exact) mass is 374 g/mol. The highest BCUT2D eigenvalue weighted by Crippen LogP contribution is 2.32. The summed E-state index contributed by atoms with van der Waals surface area (Å²) in [7, 11) is 2.58. The Bertz CT molecular complexity index is 859. The number of benzene rings is 1. The van der Waals surface area contributed by atoms with Gasteiger partial charge in [0.15, 0.2) is 0 Å². The minimum atomic E-state index is -1.14. The van der Waals surface area contributed by atoms with E-state index in [2.05, 4.69) is 0 Å². The molecular weight excluding hydrogens is 352 g/mol. The average Bonchev–Trinajstić information content (AvgIpc) is 2.61. The van der Waals surface area contributed by atoms with Crippen LogP contribution in [0.5, 0.6) is 5.75 Å². The zero-order chi connectivity index (χ0) is 20.3. The lowest BCUT2D eigenvalue weighted by atomic mass is 9.88. The molecule has 7 heteroatoms. The van der Waals surface area contributed by atoms with Crippen LogP contribution in [0.4, 0.5) is 0 Å². The summed E-state index contributed by atoms with van der Waals surface area (Å²) in [6.07, 6.45) is -0.235. The van der Waals surface area contributed by atoms with Crippen LogP contribution in [0.15, 0.2) is 40.9 Å². The second-order valence-electron chi connectivity index (χ2n) is 6.27. The van der Waals surface area contributed by atoms with Gasteiger partial charge in [-0.05, 0) is 32.4 Å². The van der Waals surface area contributed by atoms with Crippen LogP contribution in [-0.2, 0) is 25.5 Å². The largest absolute Gasteiger partial charge is 0.490 e. The first-order valence-electron chi connectivity index (χ1n) is 8.36. The number of hydrogen-bond donors (Lipinski definition) is 1. The normalized spacial score (nSPS) is 14.7. The van der Waals surface area contributed by atoms with Crippen molar-refractivity contribution in [3.8, 4) is 5.75 Å². The van der Waals surface area contributed by atoms with E-state index in [-0.39, 0.29) is 46.5 Å². The Labute approximate surface area is 157 Å². The first-order chi connectivity index (χ1) is 12.7. The van der Waals surface area contributed by atoms with Crippen LogP contribution >= 0.6 is 0 Å². The number of hydrogen-bond acceptors (Lipinski definition) is 6. The van der Waals surface area contributed by atoms with Crippen LogP contribution in [0, 0.1) is 0 Å². The van der Waals surface area contributed by atoms with Crippen molar-refractivity contribution in [3.63, 3.8) is 0 Å². The van der Waals surface area contributed by atoms with Crippen LogP contribution in [0.1, 0.15) is 36.7 Å². The van der Waals surface area contributed by atoms with Gasteiger partial charge in [-0.1, -0.05) is 12.1 Å². The summed E-state index contributed by atoms with van der Waals surface area (Å²) in [4.78, 5) is 36.9. The Hall–Kier alpha value is -3.09. The van der Waals surface area contributed by atoms with Gasteiger partial charge in [-0.2, -0.15) is 0 Å². The highest BCUT2D eigenvalue weighted by Gasteiger charge is 2.35. The zero-order valence-corrected chi connectivity index (χ0v) is 15.9. The van der Waals surface area contributed by atoms with E-state index < -0.39 is 17.5 Å². The number of carbonyl (C=O) groups is 3. The highest BCUT2D eigenvalue weighted by molar-refractivity contribution is 6.23. The van der Waals surface area contributed by atoms with Gasteiger partial charge in [0.1, 0.15) is 11.3 Å². The SMILES string of the molecule is COC1=C(OC)C(=O)C(Cc2cccc(C(=O)O)c2OC(C)C)=C(C)C1=O. The van der Waals surface area contributed by atoms with Gasteiger partial charge in [0.25, 0.3) is 0 Å². The van der Waals surface area contributed by atoms with E-state index in [1.165, 1.54) is 27.2 Å². The van der Waals surface area contributed by atoms with Crippen molar-refractivity contribution in [1.29, 1.82) is 0 Å². The van der Waals surface area contributed by atoms with E-state index in [0.717, 1.165) is 0 Å². The van der Waals surface area contributed by atoms with E-state index in [4.69, 9.17) is 14.2 Å². The third-order valence-electron chi connectivity index (χ3n) is 4.14. The lowest BCUT2D eigenvalue weighted by Crippen LogP contribution is -2.26. The number of carboxylic acid groups (broad SMARTS) is 1. The summed E-state index contributed by atoms with van der Waals surface area (Å²) < 4.78 is 15.8. The van der Waals surface area contributed by atoms with Gasteiger partial charge in [-0.3, -0.25) is 9.59 Å². The molecule has 0 saturated heterocycles. The highest BCUT2D eigenvalue weighted by atomic mass is 16.5. The summed E-state index contributed by atoms with van der Waals surface area (Å²) >= 11 is 0. The van der Waals surface area contributed by atoms with E-state index in [9.17, 15) is 19.5 Å². The zero-order valence-electron chi connectivity index (χ0n) is 15.9. The standard InChI is InChI=1S/C20H22O7/c1-10(2)27-17-12(7-6-8-13(17)20(23)24)9-14-11(3)15(21)18(25-4)19(26-5)16(14)22/h6-8,10H,9H2,1-5H3,(H,23,24). The summed E-state index contributed by atoms with van der Waals surface area (Å²) in [6.45, 7) is 5.09. The minimum absolute atomic E-state index is 0.00544. The Kier molecular flexibility index (Phi) is 6.05. The lowest BCUT2D eigenvalue weighted by Gasteiger charge is -2.22. The van der Waals surface area contributed by atoms with Gasteiger partial charge in [-0.25, -0.2) is 4.79 Å². The Morgan fingerprint density at radius 2 is 1.67 bits per heavy atom.